The molecule has 0 saturated carbocycles. The number of alkyl halides is 1. The van der Waals surface area contributed by atoms with Gasteiger partial charge >= 0.3 is 0 Å². The minimum atomic E-state index is 0.311. The fourth-order valence-electron chi connectivity index (χ4n) is 0.975. The van der Waals surface area contributed by atoms with Crippen LogP contribution in [-0.4, -0.2) is 32.2 Å². The number of nitrogens with one attached hydrogen (secondary N) is 1. The molecule has 0 heterocycles. The lowest BCUT2D eigenvalue weighted by molar-refractivity contribution is 0.194. The zero-order valence-electron chi connectivity index (χ0n) is 8.11. The SMILES string of the molecule is COCCCNCCCC(C)Cl. The van der Waals surface area contributed by atoms with E-state index in [1.807, 2.05) is 6.92 Å². The Morgan fingerprint density at radius 3 is 2.58 bits per heavy atom. The van der Waals surface area contributed by atoms with Crippen LogP contribution in [0, 0.1) is 0 Å². The highest BCUT2D eigenvalue weighted by Gasteiger charge is 1.94. The molecule has 0 bridgehead atoms. The topological polar surface area (TPSA) is 21.3 Å². The Balaban J connectivity index is 2.82. The van der Waals surface area contributed by atoms with Crippen LogP contribution >= 0.6 is 11.6 Å². The minimum Gasteiger partial charge on any atom is -0.385 e. The molecule has 0 radical (unpaired) electrons. The fourth-order valence-corrected chi connectivity index (χ4v) is 1.13. The monoisotopic (exact) mass is 193 g/mol. The standard InChI is InChI=1S/C9H20ClNO/c1-9(10)5-3-6-11-7-4-8-12-2/h9,11H,3-8H2,1-2H3. The summed E-state index contributed by atoms with van der Waals surface area (Å²) in [5, 5.41) is 3.65. The molecule has 0 fully saturated rings. The first-order valence-corrected chi connectivity index (χ1v) is 5.04. The molecule has 0 amide bonds. The predicted octanol–water partition coefficient (Wildman–Crippen LogP) is 2.02. The van der Waals surface area contributed by atoms with Crippen LogP contribution in [0.15, 0.2) is 0 Å². The van der Waals surface area contributed by atoms with E-state index in [1.165, 1.54) is 0 Å². The van der Waals surface area contributed by atoms with E-state index >= 15 is 0 Å². The molecule has 0 aromatic rings. The molecule has 1 unspecified atom stereocenters. The van der Waals surface area contributed by atoms with Gasteiger partial charge < -0.3 is 10.1 Å². The van der Waals surface area contributed by atoms with Crippen molar-refractivity contribution in [1.29, 1.82) is 0 Å². The third kappa shape index (κ3) is 10.2. The highest BCUT2D eigenvalue weighted by atomic mass is 35.5. The lowest BCUT2D eigenvalue weighted by Crippen LogP contribution is -2.18. The molecule has 0 saturated heterocycles. The summed E-state index contributed by atoms with van der Waals surface area (Å²) in [6.45, 7) is 5.00. The van der Waals surface area contributed by atoms with Gasteiger partial charge in [-0.15, -0.1) is 11.6 Å². The zero-order valence-corrected chi connectivity index (χ0v) is 8.86. The Bertz CT molecular complexity index is 88.6. The third-order valence-corrected chi connectivity index (χ3v) is 1.88. The predicted molar refractivity (Wildman–Crippen MR) is 53.9 cm³/mol. The molecule has 12 heavy (non-hydrogen) atoms. The van der Waals surface area contributed by atoms with Crippen molar-refractivity contribution in [3.05, 3.63) is 0 Å². The van der Waals surface area contributed by atoms with Gasteiger partial charge in [0.05, 0.1) is 0 Å². The number of ether oxygens (including phenoxy) is 1. The maximum atomic E-state index is 5.79. The lowest BCUT2D eigenvalue weighted by atomic mass is 10.2. The van der Waals surface area contributed by atoms with Crippen LogP contribution in [0.25, 0.3) is 0 Å². The summed E-state index contributed by atoms with van der Waals surface area (Å²) in [5.41, 5.74) is 0. The van der Waals surface area contributed by atoms with E-state index in [2.05, 4.69) is 5.32 Å². The van der Waals surface area contributed by atoms with Crippen LogP contribution in [0.1, 0.15) is 26.2 Å². The van der Waals surface area contributed by atoms with Crippen LogP contribution in [0.5, 0.6) is 0 Å². The van der Waals surface area contributed by atoms with Crippen molar-refractivity contribution in [1.82, 2.24) is 5.32 Å². The molecule has 3 heteroatoms. The Labute approximate surface area is 80.6 Å². The second-order valence-electron chi connectivity index (χ2n) is 3.02. The first kappa shape index (κ1) is 12.2. The molecule has 0 aliphatic carbocycles. The summed E-state index contributed by atoms with van der Waals surface area (Å²) in [6.07, 6.45) is 3.35. The van der Waals surface area contributed by atoms with Crippen molar-refractivity contribution >= 4 is 11.6 Å². The van der Waals surface area contributed by atoms with Gasteiger partial charge in [-0.3, -0.25) is 0 Å². The summed E-state index contributed by atoms with van der Waals surface area (Å²) < 4.78 is 4.93. The van der Waals surface area contributed by atoms with E-state index in [-0.39, 0.29) is 0 Å². The third-order valence-electron chi connectivity index (χ3n) is 1.66. The molecule has 0 aliphatic rings. The van der Waals surface area contributed by atoms with Gasteiger partial charge in [0, 0.05) is 19.1 Å². The molecular formula is C9H20ClNO. The summed E-state index contributed by atoms with van der Waals surface area (Å²) in [6, 6.07) is 0. The molecule has 0 spiro atoms. The largest absolute Gasteiger partial charge is 0.385 e. The highest BCUT2D eigenvalue weighted by molar-refractivity contribution is 6.20. The molecule has 1 N–H and O–H groups in total. The van der Waals surface area contributed by atoms with Crippen LogP contribution in [-0.2, 0) is 4.74 Å². The summed E-state index contributed by atoms with van der Waals surface area (Å²) in [4.78, 5) is 0. The van der Waals surface area contributed by atoms with Crippen molar-refractivity contribution in [2.45, 2.75) is 31.6 Å². The first-order chi connectivity index (χ1) is 5.77. The van der Waals surface area contributed by atoms with Crippen LogP contribution < -0.4 is 5.32 Å². The van der Waals surface area contributed by atoms with E-state index in [0.29, 0.717) is 5.38 Å². The Hall–Kier alpha value is 0.210. The summed E-state index contributed by atoms with van der Waals surface area (Å²) in [5.74, 6) is 0. The van der Waals surface area contributed by atoms with Crippen LogP contribution in [0.4, 0.5) is 0 Å². The van der Waals surface area contributed by atoms with Gasteiger partial charge in [0.2, 0.25) is 0 Å². The molecule has 0 aromatic carbocycles. The Morgan fingerprint density at radius 2 is 2.00 bits per heavy atom. The number of hydrogen-bond donors (Lipinski definition) is 1. The first-order valence-electron chi connectivity index (χ1n) is 4.61. The maximum Gasteiger partial charge on any atom is 0.0474 e. The molecule has 1 atom stereocenters. The number of rotatable bonds is 8. The van der Waals surface area contributed by atoms with Crippen molar-refractivity contribution < 1.29 is 4.74 Å². The summed E-state index contributed by atoms with van der Waals surface area (Å²) >= 11 is 5.79. The van der Waals surface area contributed by atoms with E-state index in [0.717, 1.165) is 39.0 Å². The van der Waals surface area contributed by atoms with E-state index < -0.39 is 0 Å². The zero-order chi connectivity index (χ0) is 9.23. The smallest absolute Gasteiger partial charge is 0.0474 e. The second kappa shape index (κ2) is 9.30. The number of halogens is 1. The number of methoxy groups -OCH3 is 1. The van der Waals surface area contributed by atoms with Gasteiger partial charge in [-0.1, -0.05) is 0 Å². The van der Waals surface area contributed by atoms with Gasteiger partial charge in [0.15, 0.2) is 0 Å². The average molecular weight is 194 g/mol. The molecular weight excluding hydrogens is 174 g/mol. The van der Waals surface area contributed by atoms with Gasteiger partial charge in [-0.2, -0.15) is 0 Å². The van der Waals surface area contributed by atoms with Gasteiger partial charge in [0.25, 0.3) is 0 Å². The van der Waals surface area contributed by atoms with Crippen molar-refractivity contribution in [2.75, 3.05) is 26.8 Å². The average Bonchev–Trinajstić information content (AvgIpc) is 2.02. The molecule has 74 valence electrons. The van der Waals surface area contributed by atoms with E-state index in [1.54, 1.807) is 7.11 Å². The van der Waals surface area contributed by atoms with Gasteiger partial charge in [-0.05, 0) is 39.3 Å². The van der Waals surface area contributed by atoms with Gasteiger partial charge in [-0.25, -0.2) is 0 Å². The molecule has 0 rings (SSSR count). The van der Waals surface area contributed by atoms with E-state index in [4.69, 9.17) is 16.3 Å². The van der Waals surface area contributed by atoms with Crippen molar-refractivity contribution in [3.8, 4) is 0 Å². The fraction of sp³-hybridized carbons (Fsp3) is 1.00. The summed E-state index contributed by atoms with van der Waals surface area (Å²) in [7, 11) is 1.73. The van der Waals surface area contributed by atoms with E-state index in [9.17, 15) is 0 Å². The van der Waals surface area contributed by atoms with Crippen molar-refractivity contribution in [3.63, 3.8) is 0 Å². The maximum absolute atomic E-state index is 5.79. The van der Waals surface area contributed by atoms with Crippen LogP contribution in [0.2, 0.25) is 0 Å². The molecule has 0 aliphatic heterocycles. The lowest BCUT2D eigenvalue weighted by Gasteiger charge is -2.04. The number of hydrogen-bond acceptors (Lipinski definition) is 2. The highest BCUT2D eigenvalue weighted by Crippen LogP contribution is 2.01. The Morgan fingerprint density at radius 1 is 1.33 bits per heavy atom. The quantitative estimate of drug-likeness (QED) is 0.471. The normalized spacial score (nSPS) is 13.2. The van der Waals surface area contributed by atoms with Crippen molar-refractivity contribution in [2.24, 2.45) is 0 Å². The van der Waals surface area contributed by atoms with Gasteiger partial charge in [0.1, 0.15) is 0 Å². The molecule has 0 aromatic heterocycles. The minimum absolute atomic E-state index is 0.311. The molecule has 2 nitrogen and oxygen atoms in total. The second-order valence-corrected chi connectivity index (χ2v) is 3.76. The van der Waals surface area contributed by atoms with Crippen LogP contribution in [0.3, 0.4) is 0 Å². The Kier molecular flexibility index (Phi) is 9.46.